The smallest absolute Gasteiger partial charge is 0.340 e. The van der Waals surface area contributed by atoms with Crippen molar-refractivity contribution in [3.63, 3.8) is 0 Å². The van der Waals surface area contributed by atoms with E-state index in [1.54, 1.807) is 18.2 Å². The first-order chi connectivity index (χ1) is 9.88. The summed E-state index contributed by atoms with van der Waals surface area (Å²) in [6, 6.07) is 4.26. The summed E-state index contributed by atoms with van der Waals surface area (Å²) in [7, 11) is 1.37. The Morgan fingerprint density at radius 2 is 2.00 bits per heavy atom. The van der Waals surface area contributed by atoms with Crippen LogP contribution in [0.1, 0.15) is 17.3 Å². The van der Waals surface area contributed by atoms with Gasteiger partial charge in [0.05, 0.1) is 10.6 Å². The molecular formula is C13H15ClN2O4S. The Morgan fingerprint density at radius 3 is 2.57 bits per heavy atom. The van der Waals surface area contributed by atoms with Gasteiger partial charge in [-0.15, -0.1) is 11.8 Å². The zero-order valence-corrected chi connectivity index (χ0v) is 13.3. The Balaban J connectivity index is 2.76. The average Bonchev–Trinajstić information content (AvgIpc) is 2.47. The number of ether oxygens (including phenoxy) is 1. The van der Waals surface area contributed by atoms with E-state index in [0.29, 0.717) is 0 Å². The van der Waals surface area contributed by atoms with Gasteiger partial charge < -0.3 is 10.1 Å². The summed E-state index contributed by atoms with van der Waals surface area (Å²) in [5.74, 6) is -1.45. The van der Waals surface area contributed by atoms with Gasteiger partial charge in [0.15, 0.2) is 6.10 Å². The number of nitrogens with one attached hydrogen (secondary N) is 2. The van der Waals surface area contributed by atoms with E-state index in [-0.39, 0.29) is 10.6 Å². The van der Waals surface area contributed by atoms with Crippen LogP contribution in [-0.2, 0) is 9.53 Å². The van der Waals surface area contributed by atoms with E-state index in [1.165, 1.54) is 25.7 Å². The highest BCUT2D eigenvalue weighted by Gasteiger charge is 2.22. The zero-order valence-electron chi connectivity index (χ0n) is 11.7. The Bertz CT molecular complexity index is 565. The maximum Gasteiger partial charge on any atom is 0.340 e. The van der Waals surface area contributed by atoms with E-state index < -0.39 is 24.0 Å². The summed E-state index contributed by atoms with van der Waals surface area (Å²) in [5, 5.41) is 4.48. The average molecular weight is 331 g/mol. The highest BCUT2D eigenvalue weighted by atomic mass is 35.5. The molecule has 0 aliphatic rings. The third-order valence-electron chi connectivity index (χ3n) is 2.51. The molecule has 2 N–H and O–H groups in total. The van der Waals surface area contributed by atoms with Crippen molar-refractivity contribution in [3.05, 3.63) is 28.8 Å². The monoisotopic (exact) mass is 330 g/mol. The van der Waals surface area contributed by atoms with Gasteiger partial charge in [-0.1, -0.05) is 11.6 Å². The molecule has 0 aliphatic carbocycles. The van der Waals surface area contributed by atoms with Crippen LogP contribution in [-0.4, -0.2) is 37.3 Å². The Morgan fingerprint density at radius 1 is 1.33 bits per heavy atom. The topological polar surface area (TPSA) is 84.5 Å². The minimum atomic E-state index is -1.12. The molecule has 0 bridgehead atoms. The van der Waals surface area contributed by atoms with Gasteiger partial charge in [-0.2, -0.15) is 0 Å². The molecule has 0 saturated heterocycles. The SMILES string of the molecule is CNC(=O)NC(=O)C(C)OC(=O)c1cc(SC)ccc1Cl. The first-order valence-electron chi connectivity index (χ1n) is 5.96. The van der Waals surface area contributed by atoms with E-state index in [0.717, 1.165) is 4.90 Å². The summed E-state index contributed by atoms with van der Waals surface area (Å²) < 4.78 is 5.00. The molecule has 0 saturated carbocycles. The van der Waals surface area contributed by atoms with E-state index in [4.69, 9.17) is 16.3 Å². The number of hydrogen-bond acceptors (Lipinski definition) is 5. The van der Waals surface area contributed by atoms with E-state index >= 15 is 0 Å². The molecular weight excluding hydrogens is 316 g/mol. The van der Waals surface area contributed by atoms with Crippen LogP contribution < -0.4 is 10.6 Å². The molecule has 1 unspecified atom stereocenters. The molecule has 21 heavy (non-hydrogen) atoms. The summed E-state index contributed by atoms with van der Waals surface area (Å²) >= 11 is 7.39. The highest BCUT2D eigenvalue weighted by Crippen LogP contribution is 2.24. The van der Waals surface area contributed by atoms with Gasteiger partial charge in [0.25, 0.3) is 5.91 Å². The van der Waals surface area contributed by atoms with Gasteiger partial charge in [0, 0.05) is 11.9 Å². The Kier molecular flexibility index (Phi) is 6.51. The van der Waals surface area contributed by atoms with Gasteiger partial charge in [-0.3, -0.25) is 10.1 Å². The van der Waals surface area contributed by atoms with Crippen molar-refractivity contribution < 1.29 is 19.1 Å². The zero-order chi connectivity index (χ0) is 16.0. The Hall–Kier alpha value is -1.73. The van der Waals surface area contributed by atoms with Crippen LogP contribution in [0.5, 0.6) is 0 Å². The fraction of sp³-hybridized carbons (Fsp3) is 0.308. The first-order valence-corrected chi connectivity index (χ1v) is 7.56. The second kappa shape index (κ2) is 7.90. The molecule has 1 atom stereocenters. The normalized spacial score (nSPS) is 11.4. The predicted molar refractivity (Wildman–Crippen MR) is 80.7 cm³/mol. The van der Waals surface area contributed by atoms with E-state index in [2.05, 4.69) is 5.32 Å². The quantitative estimate of drug-likeness (QED) is 0.652. The van der Waals surface area contributed by atoms with Crippen LogP contribution in [0, 0.1) is 0 Å². The lowest BCUT2D eigenvalue weighted by Crippen LogP contribution is -2.43. The van der Waals surface area contributed by atoms with Crippen LogP contribution in [0.4, 0.5) is 4.79 Å². The van der Waals surface area contributed by atoms with E-state index in [1.807, 2.05) is 11.6 Å². The summed E-state index contributed by atoms with van der Waals surface area (Å²) in [6.45, 7) is 1.36. The maximum atomic E-state index is 12.0. The van der Waals surface area contributed by atoms with Crippen molar-refractivity contribution in [3.8, 4) is 0 Å². The molecule has 0 radical (unpaired) electrons. The molecule has 0 heterocycles. The lowest BCUT2D eigenvalue weighted by Gasteiger charge is -2.13. The molecule has 0 aliphatic heterocycles. The fourth-order valence-electron chi connectivity index (χ4n) is 1.34. The Labute approximate surface area is 131 Å². The van der Waals surface area contributed by atoms with Gasteiger partial charge >= 0.3 is 12.0 Å². The molecule has 6 nitrogen and oxygen atoms in total. The van der Waals surface area contributed by atoms with Crippen molar-refractivity contribution >= 4 is 41.3 Å². The number of halogens is 1. The molecule has 0 aromatic heterocycles. The summed E-state index contributed by atoms with van der Waals surface area (Å²) in [4.78, 5) is 35.5. The third kappa shape index (κ3) is 4.95. The molecule has 114 valence electrons. The fourth-order valence-corrected chi connectivity index (χ4v) is 1.98. The molecule has 0 spiro atoms. The highest BCUT2D eigenvalue weighted by molar-refractivity contribution is 7.98. The first kappa shape index (κ1) is 17.3. The van der Waals surface area contributed by atoms with Gasteiger partial charge in [0.1, 0.15) is 0 Å². The second-order valence-corrected chi connectivity index (χ2v) is 5.25. The lowest BCUT2D eigenvalue weighted by molar-refractivity contribution is -0.127. The van der Waals surface area contributed by atoms with Crippen LogP contribution in [0.3, 0.4) is 0 Å². The molecule has 8 heteroatoms. The number of carbonyl (C=O) groups excluding carboxylic acids is 3. The van der Waals surface area contributed by atoms with Crippen molar-refractivity contribution in [2.24, 2.45) is 0 Å². The van der Waals surface area contributed by atoms with Gasteiger partial charge in [-0.25, -0.2) is 9.59 Å². The predicted octanol–water partition coefficient (Wildman–Crippen LogP) is 2.06. The number of hydrogen-bond donors (Lipinski definition) is 2. The largest absolute Gasteiger partial charge is 0.449 e. The second-order valence-electron chi connectivity index (χ2n) is 3.96. The van der Waals surface area contributed by atoms with Gasteiger partial charge in [0.2, 0.25) is 0 Å². The number of imide groups is 1. The van der Waals surface area contributed by atoms with Gasteiger partial charge in [-0.05, 0) is 31.4 Å². The number of urea groups is 1. The number of benzene rings is 1. The van der Waals surface area contributed by atoms with Crippen LogP contribution in [0.2, 0.25) is 5.02 Å². The van der Waals surface area contributed by atoms with Crippen LogP contribution in [0.15, 0.2) is 23.1 Å². The number of rotatable bonds is 4. The molecule has 3 amide bonds. The third-order valence-corrected chi connectivity index (χ3v) is 3.57. The lowest BCUT2D eigenvalue weighted by atomic mass is 10.2. The molecule has 0 fully saturated rings. The molecule has 1 aromatic rings. The minimum Gasteiger partial charge on any atom is -0.449 e. The number of carbonyl (C=O) groups is 3. The van der Waals surface area contributed by atoms with Crippen molar-refractivity contribution in [2.75, 3.05) is 13.3 Å². The van der Waals surface area contributed by atoms with Crippen LogP contribution >= 0.6 is 23.4 Å². The standard InChI is InChI=1S/C13H15ClN2O4S/c1-7(11(17)16-13(19)15-2)20-12(18)9-6-8(21-3)4-5-10(9)14/h4-7H,1-3H3,(H2,15,16,17,19). The van der Waals surface area contributed by atoms with Crippen LogP contribution in [0.25, 0.3) is 0 Å². The molecule has 1 rings (SSSR count). The minimum absolute atomic E-state index is 0.170. The number of thioether (sulfide) groups is 1. The number of amides is 3. The summed E-state index contributed by atoms with van der Waals surface area (Å²) in [5.41, 5.74) is 0.170. The van der Waals surface area contributed by atoms with Crippen molar-refractivity contribution in [1.29, 1.82) is 0 Å². The maximum absolute atomic E-state index is 12.0. The number of esters is 1. The molecule has 1 aromatic carbocycles. The summed E-state index contributed by atoms with van der Waals surface area (Å²) in [6.07, 6.45) is 0.737. The van der Waals surface area contributed by atoms with Crippen molar-refractivity contribution in [1.82, 2.24) is 10.6 Å². The van der Waals surface area contributed by atoms with E-state index in [9.17, 15) is 14.4 Å². The van der Waals surface area contributed by atoms with Crippen molar-refractivity contribution in [2.45, 2.75) is 17.9 Å².